The second-order valence-electron chi connectivity index (χ2n) is 6.58. The molecule has 3 heterocycles. The fraction of sp³-hybridized carbons (Fsp3) is 0.733. The number of halogens is 1. The minimum atomic E-state index is -0.0300. The number of amides is 1. The first-order valence-corrected chi connectivity index (χ1v) is 8.24. The van der Waals surface area contributed by atoms with Gasteiger partial charge in [-0.1, -0.05) is 11.6 Å². The lowest BCUT2D eigenvalue weighted by Crippen LogP contribution is -2.34. The number of hydrogen-bond acceptors (Lipinski definition) is 4. The molecule has 3 rings (SSSR count). The number of nitrogens with zero attached hydrogens (tertiary/aromatic N) is 5. The number of carbonyl (C=O) groups excluding carboxylic acids is 1. The van der Waals surface area contributed by atoms with Gasteiger partial charge in [-0.3, -0.25) is 9.48 Å². The number of rotatable bonds is 2. The summed E-state index contributed by atoms with van der Waals surface area (Å²) in [5.41, 5.74) is 1.39. The van der Waals surface area contributed by atoms with Crippen LogP contribution in [0.25, 0.3) is 0 Å². The molecule has 1 saturated heterocycles. The fourth-order valence-corrected chi connectivity index (χ4v) is 3.55. The van der Waals surface area contributed by atoms with Gasteiger partial charge in [0.1, 0.15) is 0 Å². The van der Waals surface area contributed by atoms with Crippen LogP contribution in [0.2, 0.25) is 5.02 Å². The normalized spacial score (nSPS) is 23.0. The quantitative estimate of drug-likeness (QED) is 0.818. The Morgan fingerprint density at radius 3 is 2.77 bits per heavy atom. The van der Waals surface area contributed by atoms with E-state index in [2.05, 4.69) is 36.0 Å². The van der Waals surface area contributed by atoms with Gasteiger partial charge in [-0.05, 0) is 34.0 Å². The Balaban J connectivity index is 1.81. The van der Waals surface area contributed by atoms with Crippen molar-refractivity contribution < 1.29 is 4.79 Å². The molecule has 0 radical (unpaired) electrons. The Labute approximate surface area is 136 Å². The summed E-state index contributed by atoms with van der Waals surface area (Å²) in [7, 11) is 6.18. The first-order chi connectivity index (χ1) is 10.5. The first kappa shape index (κ1) is 15.8. The second-order valence-corrected chi connectivity index (χ2v) is 6.96. The molecule has 7 heteroatoms. The van der Waals surface area contributed by atoms with Gasteiger partial charge in [-0.2, -0.15) is 5.10 Å². The summed E-state index contributed by atoms with van der Waals surface area (Å²) >= 11 is 6.48. The predicted molar refractivity (Wildman–Crippen MR) is 86.2 cm³/mol. The molecule has 22 heavy (non-hydrogen) atoms. The van der Waals surface area contributed by atoms with Gasteiger partial charge in [-0.25, -0.2) is 0 Å². The number of aryl methyl sites for hydroxylation is 1. The number of hydrogen-bond donors (Lipinski definition) is 0. The molecular formula is C15H24ClN5O. The summed E-state index contributed by atoms with van der Waals surface area (Å²) in [4.78, 5) is 19.0. The lowest BCUT2D eigenvalue weighted by molar-refractivity contribution is 0.0776. The molecule has 1 aromatic heterocycles. The fourth-order valence-electron chi connectivity index (χ4n) is 3.27. The van der Waals surface area contributed by atoms with E-state index in [1.165, 1.54) is 0 Å². The van der Waals surface area contributed by atoms with Crippen molar-refractivity contribution in [2.75, 3.05) is 40.8 Å². The average molecular weight is 326 g/mol. The van der Waals surface area contributed by atoms with Gasteiger partial charge in [0.15, 0.2) is 5.69 Å². The molecule has 0 bridgehead atoms. The Morgan fingerprint density at radius 1 is 1.32 bits per heavy atom. The number of likely N-dealkylation sites (N-methyl/N-ethyl adjacent to an activating group) is 1. The van der Waals surface area contributed by atoms with Crippen LogP contribution in [0.3, 0.4) is 0 Å². The zero-order valence-corrected chi connectivity index (χ0v) is 14.3. The van der Waals surface area contributed by atoms with E-state index in [1.807, 2.05) is 9.58 Å². The van der Waals surface area contributed by atoms with Gasteiger partial charge >= 0.3 is 0 Å². The van der Waals surface area contributed by atoms with E-state index in [4.69, 9.17) is 11.6 Å². The maximum Gasteiger partial charge on any atom is 0.275 e. The molecule has 1 unspecified atom stereocenters. The van der Waals surface area contributed by atoms with Crippen molar-refractivity contribution in [3.05, 3.63) is 16.4 Å². The third kappa shape index (κ3) is 2.87. The van der Waals surface area contributed by atoms with Crippen molar-refractivity contribution in [1.29, 1.82) is 0 Å². The Hall–Kier alpha value is -1.11. The Morgan fingerprint density at radius 2 is 2.09 bits per heavy atom. The molecule has 1 aromatic rings. The molecule has 6 nitrogen and oxygen atoms in total. The van der Waals surface area contributed by atoms with Crippen LogP contribution in [-0.4, -0.2) is 77.2 Å². The highest BCUT2D eigenvalue weighted by atomic mass is 35.5. The van der Waals surface area contributed by atoms with Crippen LogP contribution in [0.4, 0.5) is 0 Å². The SMILES string of the molecule is CN1CCCn2nc(C(=O)N3CCC(N(C)C)C3)c(Cl)c2C1. The van der Waals surface area contributed by atoms with Gasteiger partial charge in [-0.15, -0.1) is 0 Å². The van der Waals surface area contributed by atoms with E-state index in [1.54, 1.807) is 0 Å². The highest BCUT2D eigenvalue weighted by molar-refractivity contribution is 6.34. The molecule has 2 aliphatic rings. The minimum Gasteiger partial charge on any atom is -0.336 e. The van der Waals surface area contributed by atoms with Crippen LogP contribution >= 0.6 is 11.6 Å². The Kier molecular flexibility index (Phi) is 4.43. The first-order valence-electron chi connectivity index (χ1n) is 7.86. The maximum absolute atomic E-state index is 12.8. The molecule has 0 aromatic carbocycles. The monoisotopic (exact) mass is 325 g/mol. The van der Waals surface area contributed by atoms with Crippen molar-refractivity contribution in [2.24, 2.45) is 0 Å². The van der Waals surface area contributed by atoms with Crippen LogP contribution < -0.4 is 0 Å². The number of likely N-dealkylation sites (tertiary alicyclic amines) is 1. The third-order valence-corrected chi connectivity index (χ3v) is 5.10. The van der Waals surface area contributed by atoms with Crippen molar-refractivity contribution in [3.8, 4) is 0 Å². The van der Waals surface area contributed by atoms with E-state index in [-0.39, 0.29) is 5.91 Å². The Bertz CT molecular complexity index is 571. The largest absolute Gasteiger partial charge is 0.336 e. The standard InChI is InChI=1S/C15H24ClN5O/c1-18(2)11-5-8-20(9-11)15(22)14-13(16)12-10-19(3)6-4-7-21(12)17-14/h11H,4-10H2,1-3H3. The van der Waals surface area contributed by atoms with E-state index in [0.717, 1.165) is 51.3 Å². The molecule has 0 aliphatic carbocycles. The number of aromatic nitrogens is 2. The highest BCUT2D eigenvalue weighted by Crippen LogP contribution is 2.26. The van der Waals surface area contributed by atoms with Crippen LogP contribution in [0.15, 0.2) is 0 Å². The van der Waals surface area contributed by atoms with Gasteiger partial charge < -0.3 is 14.7 Å². The number of fused-ring (bicyclic) bond motifs is 1. The lowest BCUT2D eigenvalue weighted by Gasteiger charge is -2.20. The summed E-state index contributed by atoms with van der Waals surface area (Å²) in [6.45, 7) is 4.14. The van der Waals surface area contributed by atoms with Crippen molar-refractivity contribution in [2.45, 2.75) is 32.0 Å². The van der Waals surface area contributed by atoms with Gasteiger partial charge in [0, 0.05) is 38.8 Å². The third-order valence-electron chi connectivity index (χ3n) is 4.71. The van der Waals surface area contributed by atoms with E-state index in [0.29, 0.717) is 16.8 Å². The van der Waals surface area contributed by atoms with Gasteiger partial charge in [0.2, 0.25) is 0 Å². The van der Waals surface area contributed by atoms with E-state index >= 15 is 0 Å². The van der Waals surface area contributed by atoms with E-state index < -0.39 is 0 Å². The second kappa shape index (κ2) is 6.18. The number of carbonyl (C=O) groups is 1. The summed E-state index contributed by atoms with van der Waals surface area (Å²) in [5.74, 6) is -0.0300. The van der Waals surface area contributed by atoms with Crippen LogP contribution in [0, 0.1) is 0 Å². The van der Waals surface area contributed by atoms with Gasteiger partial charge in [0.25, 0.3) is 5.91 Å². The molecule has 1 atom stereocenters. The summed E-state index contributed by atoms with van der Waals surface area (Å²) in [6, 6.07) is 0.425. The zero-order valence-electron chi connectivity index (χ0n) is 13.5. The van der Waals surface area contributed by atoms with Crippen LogP contribution in [0.5, 0.6) is 0 Å². The predicted octanol–water partition coefficient (Wildman–Crippen LogP) is 1.15. The molecule has 2 aliphatic heterocycles. The van der Waals surface area contributed by atoms with Crippen molar-refractivity contribution in [1.82, 2.24) is 24.5 Å². The van der Waals surface area contributed by atoms with E-state index in [9.17, 15) is 4.79 Å². The summed E-state index contributed by atoms with van der Waals surface area (Å²) < 4.78 is 1.92. The molecule has 0 saturated carbocycles. The highest BCUT2D eigenvalue weighted by Gasteiger charge is 2.32. The molecule has 1 amide bonds. The van der Waals surface area contributed by atoms with Crippen molar-refractivity contribution in [3.63, 3.8) is 0 Å². The molecular weight excluding hydrogens is 302 g/mol. The molecule has 0 spiro atoms. The zero-order chi connectivity index (χ0) is 15.9. The molecule has 122 valence electrons. The van der Waals surface area contributed by atoms with Crippen molar-refractivity contribution >= 4 is 17.5 Å². The summed E-state index contributed by atoms with van der Waals surface area (Å²) in [6.07, 6.45) is 2.04. The topological polar surface area (TPSA) is 44.6 Å². The van der Waals surface area contributed by atoms with Crippen LogP contribution in [-0.2, 0) is 13.1 Å². The average Bonchev–Trinajstić information content (AvgIpc) is 3.02. The van der Waals surface area contributed by atoms with Gasteiger partial charge in [0.05, 0.1) is 10.7 Å². The van der Waals surface area contributed by atoms with Crippen LogP contribution in [0.1, 0.15) is 29.0 Å². The smallest absolute Gasteiger partial charge is 0.275 e. The maximum atomic E-state index is 12.8. The minimum absolute atomic E-state index is 0.0300. The summed E-state index contributed by atoms with van der Waals surface area (Å²) in [5, 5.41) is 5.05. The molecule has 1 fully saturated rings. The molecule has 0 N–H and O–H groups in total. The lowest BCUT2D eigenvalue weighted by atomic mass is 10.2.